The summed E-state index contributed by atoms with van der Waals surface area (Å²) in [7, 11) is 0. The molecule has 3 heteroatoms. The standard InChI is InChI=1S/C13H21NO2/c1-5-10-6-9-7-13(9,12(2,3)4)8-14(10)11(15)16/h5,9-10H,1,6-8H2,2-4H3,(H,15,16)/t9-,10-,13+/m1/s1. The van der Waals surface area contributed by atoms with Crippen LogP contribution in [0.5, 0.6) is 0 Å². The van der Waals surface area contributed by atoms with E-state index in [9.17, 15) is 9.90 Å². The molecule has 1 saturated carbocycles. The van der Waals surface area contributed by atoms with E-state index >= 15 is 0 Å². The molecule has 1 saturated heterocycles. The molecule has 0 spiro atoms. The van der Waals surface area contributed by atoms with Gasteiger partial charge in [0.2, 0.25) is 0 Å². The van der Waals surface area contributed by atoms with Crippen molar-refractivity contribution in [3.63, 3.8) is 0 Å². The molecule has 0 unspecified atom stereocenters. The Morgan fingerprint density at radius 2 is 2.19 bits per heavy atom. The minimum atomic E-state index is -0.807. The van der Waals surface area contributed by atoms with Crippen LogP contribution in [0.15, 0.2) is 12.7 Å². The maximum absolute atomic E-state index is 11.2. The van der Waals surface area contributed by atoms with Gasteiger partial charge in [-0.15, -0.1) is 6.58 Å². The van der Waals surface area contributed by atoms with Crippen LogP contribution < -0.4 is 0 Å². The zero-order valence-corrected chi connectivity index (χ0v) is 10.4. The molecule has 0 aromatic carbocycles. The van der Waals surface area contributed by atoms with E-state index in [4.69, 9.17) is 0 Å². The quantitative estimate of drug-likeness (QED) is 0.694. The number of nitrogens with zero attached hydrogens (tertiary/aromatic N) is 1. The topological polar surface area (TPSA) is 40.5 Å². The third-order valence-corrected chi connectivity index (χ3v) is 4.62. The normalized spacial score (nSPS) is 37.8. The van der Waals surface area contributed by atoms with Crippen molar-refractivity contribution >= 4 is 6.09 Å². The zero-order valence-electron chi connectivity index (χ0n) is 10.4. The molecule has 0 aromatic rings. The Kier molecular flexibility index (Phi) is 2.34. The van der Waals surface area contributed by atoms with E-state index in [0.717, 1.165) is 6.42 Å². The van der Waals surface area contributed by atoms with Crippen molar-refractivity contribution in [3.8, 4) is 0 Å². The lowest BCUT2D eigenvalue weighted by atomic mass is 9.73. The fourth-order valence-corrected chi connectivity index (χ4v) is 3.31. The van der Waals surface area contributed by atoms with Gasteiger partial charge in [-0.2, -0.15) is 0 Å². The van der Waals surface area contributed by atoms with Crippen molar-refractivity contribution in [2.24, 2.45) is 16.7 Å². The highest BCUT2D eigenvalue weighted by Crippen LogP contribution is 2.67. The Morgan fingerprint density at radius 3 is 2.62 bits per heavy atom. The number of piperidine rings is 1. The van der Waals surface area contributed by atoms with Gasteiger partial charge in [-0.25, -0.2) is 4.79 Å². The molecule has 1 amide bonds. The van der Waals surface area contributed by atoms with Gasteiger partial charge < -0.3 is 10.0 Å². The van der Waals surface area contributed by atoms with E-state index in [1.807, 2.05) is 0 Å². The number of likely N-dealkylation sites (tertiary alicyclic amines) is 1. The first-order valence-electron chi connectivity index (χ1n) is 5.94. The van der Waals surface area contributed by atoms with Crippen molar-refractivity contribution < 1.29 is 9.90 Å². The average molecular weight is 223 g/mol. The minimum absolute atomic E-state index is 0.0143. The summed E-state index contributed by atoms with van der Waals surface area (Å²) >= 11 is 0. The Morgan fingerprint density at radius 1 is 1.56 bits per heavy atom. The van der Waals surface area contributed by atoms with Gasteiger partial charge >= 0.3 is 6.09 Å². The molecule has 16 heavy (non-hydrogen) atoms. The third kappa shape index (κ3) is 1.45. The Hall–Kier alpha value is -0.990. The molecule has 90 valence electrons. The summed E-state index contributed by atoms with van der Waals surface area (Å²) in [6.07, 6.45) is 3.09. The summed E-state index contributed by atoms with van der Waals surface area (Å²) < 4.78 is 0. The van der Waals surface area contributed by atoms with Crippen LogP contribution in [0.4, 0.5) is 4.79 Å². The van der Waals surface area contributed by atoms with Crippen LogP contribution in [0.3, 0.4) is 0 Å². The van der Waals surface area contributed by atoms with E-state index < -0.39 is 6.09 Å². The average Bonchev–Trinajstić information content (AvgIpc) is 2.88. The smallest absolute Gasteiger partial charge is 0.407 e. The number of carboxylic acid groups (broad SMARTS) is 1. The van der Waals surface area contributed by atoms with Gasteiger partial charge in [0.1, 0.15) is 0 Å². The number of rotatable bonds is 1. The SMILES string of the molecule is C=C[C@@H]1C[C@@H]2C[C@]2(C(C)(C)C)CN1C(=O)O. The van der Waals surface area contributed by atoms with Crippen LogP contribution >= 0.6 is 0 Å². The Bertz CT molecular complexity index is 331. The number of fused-ring (bicyclic) bond motifs is 1. The second kappa shape index (κ2) is 3.25. The molecule has 3 nitrogen and oxygen atoms in total. The summed E-state index contributed by atoms with van der Waals surface area (Å²) in [4.78, 5) is 12.8. The van der Waals surface area contributed by atoms with Gasteiger partial charge in [-0.05, 0) is 29.6 Å². The lowest BCUT2D eigenvalue weighted by molar-refractivity contribution is 0.0556. The predicted molar refractivity (Wildman–Crippen MR) is 63.3 cm³/mol. The molecule has 2 rings (SSSR count). The Balaban J connectivity index is 2.22. The molecule has 1 aliphatic heterocycles. The Labute approximate surface area is 97.1 Å². The van der Waals surface area contributed by atoms with Gasteiger partial charge in [0.25, 0.3) is 0 Å². The summed E-state index contributed by atoms with van der Waals surface area (Å²) in [6.45, 7) is 11.1. The summed E-state index contributed by atoms with van der Waals surface area (Å²) in [6, 6.07) is 0.0143. The fraction of sp³-hybridized carbons (Fsp3) is 0.769. The van der Waals surface area contributed by atoms with Crippen molar-refractivity contribution in [2.45, 2.75) is 39.7 Å². The lowest BCUT2D eigenvalue weighted by Crippen LogP contribution is -2.49. The van der Waals surface area contributed by atoms with Gasteiger partial charge in [0.15, 0.2) is 0 Å². The molecule has 1 N–H and O–H groups in total. The van der Waals surface area contributed by atoms with E-state index in [2.05, 4.69) is 27.4 Å². The lowest BCUT2D eigenvalue weighted by Gasteiger charge is -2.42. The maximum atomic E-state index is 11.2. The molecule has 0 bridgehead atoms. The molecule has 2 aliphatic rings. The summed E-state index contributed by atoms with van der Waals surface area (Å²) in [5.74, 6) is 0.686. The molecule has 1 heterocycles. The number of amides is 1. The van der Waals surface area contributed by atoms with Crippen LogP contribution in [-0.2, 0) is 0 Å². The van der Waals surface area contributed by atoms with E-state index in [-0.39, 0.29) is 16.9 Å². The number of hydrogen-bond donors (Lipinski definition) is 1. The first kappa shape index (κ1) is 11.5. The third-order valence-electron chi connectivity index (χ3n) is 4.62. The molecule has 3 atom stereocenters. The van der Waals surface area contributed by atoms with E-state index in [0.29, 0.717) is 12.5 Å². The van der Waals surface area contributed by atoms with Crippen molar-refractivity contribution in [1.82, 2.24) is 4.90 Å². The molecule has 0 aromatic heterocycles. The predicted octanol–water partition coefficient (Wildman–Crippen LogP) is 2.98. The van der Waals surface area contributed by atoms with Crippen molar-refractivity contribution in [2.75, 3.05) is 6.54 Å². The van der Waals surface area contributed by atoms with Crippen molar-refractivity contribution in [3.05, 3.63) is 12.7 Å². The minimum Gasteiger partial charge on any atom is -0.465 e. The fourth-order valence-electron chi connectivity index (χ4n) is 3.31. The first-order valence-corrected chi connectivity index (χ1v) is 5.94. The van der Waals surface area contributed by atoms with Gasteiger partial charge in [0, 0.05) is 6.54 Å². The maximum Gasteiger partial charge on any atom is 0.407 e. The number of hydrogen-bond acceptors (Lipinski definition) is 1. The molecule has 0 radical (unpaired) electrons. The second-order valence-corrected chi connectivity index (χ2v) is 6.26. The molecular weight excluding hydrogens is 202 g/mol. The van der Waals surface area contributed by atoms with E-state index in [1.54, 1.807) is 11.0 Å². The largest absolute Gasteiger partial charge is 0.465 e. The van der Waals surface area contributed by atoms with Crippen LogP contribution in [0.25, 0.3) is 0 Å². The molecule has 1 aliphatic carbocycles. The highest BCUT2D eigenvalue weighted by Gasteiger charge is 2.64. The van der Waals surface area contributed by atoms with Crippen LogP contribution in [0.2, 0.25) is 0 Å². The zero-order chi connectivity index (χ0) is 12.1. The number of carbonyl (C=O) groups is 1. The first-order chi connectivity index (χ1) is 7.32. The monoisotopic (exact) mass is 223 g/mol. The summed E-state index contributed by atoms with van der Waals surface area (Å²) in [5, 5.41) is 9.23. The van der Waals surface area contributed by atoms with Crippen molar-refractivity contribution in [1.29, 1.82) is 0 Å². The van der Waals surface area contributed by atoms with E-state index in [1.165, 1.54) is 6.42 Å². The highest BCUT2D eigenvalue weighted by atomic mass is 16.4. The summed E-state index contributed by atoms with van der Waals surface area (Å²) in [5.41, 5.74) is 0.405. The van der Waals surface area contributed by atoms with Crippen LogP contribution in [0.1, 0.15) is 33.6 Å². The van der Waals surface area contributed by atoms with Crippen LogP contribution in [-0.4, -0.2) is 28.7 Å². The highest BCUT2D eigenvalue weighted by molar-refractivity contribution is 5.66. The van der Waals surface area contributed by atoms with Gasteiger partial charge in [-0.3, -0.25) is 0 Å². The molecule has 2 fully saturated rings. The second-order valence-electron chi connectivity index (χ2n) is 6.26. The molecular formula is C13H21NO2. The van der Waals surface area contributed by atoms with Gasteiger partial charge in [0.05, 0.1) is 6.04 Å². The van der Waals surface area contributed by atoms with Gasteiger partial charge in [-0.1, -0.05) is 26.8 Å². The van der Waals surface area contributed by atoms with Crippen LogP contribution in [0, 0.1) is 16.7 Å².